The molecule has 5 heteroatoms. The Balaban J connectivity index is 2.00. The Labute approximate surface area is 152 Å². The molecule has 2 rings (SSSR count). The lowest BCUT2D eigenvalue weighted by atomic mass is 9.95. The molecular formula is C18H26INO3. The van der Waals surface area contributed by atoms with Gasteiger partial charge in [-0.1, -0.05) is 51.3 Å². The number of hydrogen-bond acceptors (Lipinski definition) is 3. The zero-order valence-corrected chi connectivity index (χ0v) is 16.0. The number of benzene rings is 1. The first-order valence-electron chi connectivity index (χ1n) is 8.38. The average molecular weight is 431 g/mol. The molecular weight excluding hydrogens is 405 g/mol. The summed E-state index contributed by atoms with van der Waals surface area (Å²) in [6, 6.07) is 7.85. The zero-order chi connectivity index (χ0) is 16.8. The molecule has 2 atom stereocenters. The molecule has 0 heterocycles. The van der Waals surface area contributed by atoms with E-state index in [9.17, 15) is 9.90 Å². The standard InChI is InChI=1S/C18H26INO3/c1-12(2)17(16(21)14-10-6-7-11-15(14)19)23-18(22)20-13-8-4-3-5-9-13/h6-7,10-13,16-17,21H,3-5,8-9H2,1-2H3,(H,20,22)/t16-,17-/m0/s1. The third-order valence-corrected chi connectivity index (χ3v) is 5.34. The van der Waals surface area contributed by atoms with Crippen molar-refractivity contribution in [2.75, 3.05) is 0 Å². The van der Waals surface area contributed by atoms with Crippen molar-refractivity contribution in [1.29, 1.82) is 0 Å². The van der Waals surface area contributed by atoms with Gasteiger partial charge in [0.2, 0.25) is 0 Å². The summed E-state index contributed by atoms with van der Waals surface area (Å²) < 4.78 is 6.55. The van der Waals surface area contributed by atoms with Crippen molar-refractivity contribution in [2.45, 2.75) is 64.2 Å². The molecule has 0 bridgehead atoms. The molecule has 0 saturated heterocycles. The summed E-state index contributed by atoms with van der Waals surface area (Å²) >= 11 is 2.19. The smallest absolute Gasteiger partial charge is 0.407 e. The van der Waals surface area contributed by atoms with Crippen LogP contribution < -0.4 is 5.32 Å². The number of nitrogens with one attached hydrogen (secondary N) is 1. The number of halogens is 1. The van der Waals surface area contributed by atoms with E-state index in [-0.39, 0.29) is 12.0 Å². The van der Waals surface area contributed by atoms with E-state index >= 15 is 0 Å². The second-order valence-electron chi connectivity index (χ2n) is 6.56. The Hall–Kier alpha value is -0.820. The second-order valence-corrected chi connectivity index (χ2v) is 7.72. The monoisotopic (exact) mass is 431 g/mol. The Bertz CT molecular complexity index is 515. The second kappa shape index (κ2) is 8.87. The molecule has 2 N–H and O–H groups in total. The van der Waals surface area contributed by atoms with E-state index in [0.717, 1.165) is 34.8 Å². The van der Waals surface area contributed by atoms with E-state index < -0.39 is 18.3 Å². The molecule has 1 fully saturated rings. The number of ether oxygens (including phenoxy) is 1. The number of aliphatic hydroxyl groups excluding tert-OH is 1. The van der Waals surface area contributed by atoms with Crippen molar-refractivity contribution >= 4 is 28.7 Å². The number of hydrogen-bond donors (Lipinski definition) is 2. The van der Waals surface area contributed by atoms with Crippen LogP contribution in [0.25, 0.3) is 0 Å². The third kappa shape index (κ3) is 5.35. The van der Waals surface area contributed by atoms with Gasteiger partial charge in [-0.05, 0) is 53.0 Å². The number of amides is 1. The first kappa shape index (κ1) is 18.5. The van der Waals surface area contributed by atoms with Gasteiger partial charge in [-0.15, -0.1) is 0 Å². The van der Waals surface area contributed by atoms with Crippen molar-refractivity contribution < 1.29 is 14.6 Å². The van der Waals surface area contributed by atoms with Crippen molar-refractivity contribution in [2.24, 2.45) is 5.92 Å². The number of aliphatic hydroxyl groups is 1. The predicted molar refractivity (Wildman–Crippen MR) is 99.2 cm³/mol. The highest BCUT2D eigenvalue weighted by atomic mass is 127. The largest absolute Gasteiger partial charge is 0.443 e. The molecule has 0 aromatic heterocycles. The van der Waals surface area contributed by atoms with Crippen LogP contribution in [0.2, 0.25) is 0 Å². The summed E-state index contributed by atoms with van der Waals surface area (Å²) in [7, 11) is 0. The fourth-order valence-electron chi connectivity index (χ4n) is 3.03. The minimum Gasteiger partial charge on any atom is -0.443 e. The van der Waals surface area contributed by atoms with Gasteiger partial charge in [-0.2, -0.15) is 0 Å². The van der Waals surface area contributed by atoms with Crippen LogP contribution in [0, 0.1) is 9.49 Å². The summed E-state index contributed by atoms with van der Waals surface area (Å²) in [5.74, 6) is 0.0260. The van der Waals surface area contributed by atoms with Crippen LogP contribution in [0.1, 0.15) is 57.6 Å². The molecule has 0 spiro atoms. The minimum absolute atomic E-state index is 0.0260. The minimum atomic E-state index is -0.819. The Morgan fingerprint density at radius 3 is 2.52 bits per heavy atom. The fourth-order valence-corrected chi connectivity index (χ4v) is 3.73. The van der Waals surface area contributed by atoms with Crippen molar-refractivity contribution in [1.82, 2.24) is 5.32 Å². The quantitative estimate of drug-likeness (QED) is 0.680. The maximum Gasteiger partial charge on any atom is 0.407 e. The van der Waals surface area contributed by atoms with Crippen molar-refractivity contribution in [3.05, 3.63) is 33.4 Å². The Kier molecular flexibility index (Phi) is 7.14. The molecule has 0 unspecified atom stereocenters. The summed E-state index contributed by atoms with van der Waals surface area (Å²) in [6.07, 6.45) is 3.79. The molecule has 1 aliphatic rings. The molecule has 4 nitrogen and oxygen atoms in total. The highest BCUT2D eigenvalue weighted by molar-refractivity contribution is 14.1. The normalized spacial score (nSPS) is 18.5. The summed E-state index contributed by atoms with van der Waals surface area (Å²) in [5.41, 5.74) is 0.803. The molecule has 23 heavy (non-hydrogen) atoms. The predicted octanol–water partition coefficient (Wildman–Crippen LogP) is 4.41. The highest BCUT2D eigenvalue weighted by Gasteiger charge is 2.30. The summed E-state index contributed by atoms with van der Waals surface area (Å²) in [6.45, 7) is 3.91. The molecule has 0 radical (unpaired) electrons. The molecule has 1 amide bonds. The molecule has 1 aliphatic carbocycles. The Morgan fingerprint density at radius 2 is 1.91 bits per heavy atom. The number of carbonyl (C=O) groups is 1. The van der Waals surface area contributed by atoms with E-state index in [2.05, 4.69) is 27.9 Å². The van der Waals surface area contributed by atoms with E-state index in [0.29, 0.717) is 0 Å². The van der Waals surface area contributed by atoms with Crippen molar-refractivity contribution in [3.8, 4) is 0 Å². The van der Waals surface area contributed by atoms with Crippen molar-refractivity contribution in [3.63, 3.8) is 0 Å². The topological polar surface area (TPSA) is 58.6 Å². The highest BCUT2D eigenvalue weighted by Crippen LogP contribution is 2.28. The molecule has 0 aliphatic heterocycles. The van der Waals surface area contributed by atoms with E-state index in [1.807, 2.05) is 38.1 Å². The van der Waals surface area contributed by atoms with Crippen LogP contribution in [0.3, 0.4) is 0 Å². The van der Waals surface area contributed by atoms with Gasteiger partial charge < -0.3 is 15.2 Å². The van der Waals surface area contributed by atoms with Crippen LogP contribution in [-0.2, 0) is 4.74 Å². The van der Waals surface area contributed by atoms with Gasteiger partial charge in [0.15, 0.2) is 0 Å². The molecule has 1 aromatic carbocycles. The molecule has 1 aromatic rings. The van der Waals surface area contributed by atoms with Crippen LogP contribution in [0.4, 0.5) is 4.79 Å². The van der Waals surface area contributed by atoms with Gasteiger partial charge >= 0.3 is 6.09 Å². The zero-order valence-electron chi connectivity index (χ0n) is 13.8. The van der Waals surface area contributed by atoms with Crippen LogP contribution in [0.15, 0.2) is 24.3 Å². The Morgan fingerprint density at radius 1 is 1.26 bits per heavy atom. The van der Waals surface area contributed by atoms with Gasteiger partial charge in [0.25, 0.3) is 0 Å². The SMILES string of the molecule is CC(C)[C@H](OC(=O)NC1CCCCC1)[C@@H](O)c1ccccc1I. The number of rotatable bonds is 5. The summed E-state index contributed by atoms with van der Waals surface area (Å²) in [5, 5.41) is 13.6. The van der Waals surface area contributed by atoms with Crippen LogP contribution in [-0.4, -0.2) is 23.3 Å². The first-order chi connectivity index (χ1) is 11.0. The third-order valence-electron chi connectivity index (χ3n) is 4.36. The van der Waals surface area contributed by atoms with Gasteiger partial charge in [0, 0.05) is 9.61 Å². The van der Waals surface area contributed by atoms with E-state index in [1.54, 1.807) is 0 Å². The lowest BCUT2D eigenvalue weighted by molar-refractivity contribution is -0.0245. The first-order valence-corrected chi connectivity index (χ1v) is 9.46. The maximum absolute atomic E-state index is 12.2. The van der Waals surface area contributed by atoms with Gasteiger partial charge in [-0.25, -0.2) is 4.79 Å². The maximum atomic E-state index is 12.2. The van der Waals surface area contributed by atoms with Gasteiger partial charge in [-0.3, -0.25) is 0 Å². The molecule has 128 valence electrons. The van der Waals surface area contributed by atoms with E-state index in [1.165, 1.54) is 6.42 Å². The lowest BCUT2D eigenvalue weighted by Gasteiger charge is -2.29. The fraction of sp³-hybridized carbons (Fsp3) is 0.611. The van der Waals surface area contributed by atoms with Gasteiger partial charge in [0.05, 0.1) is 0 Å². The molecule has 1 saturated carbocycles. The lowest BCUT2D eigenvalue weighted by Crippen LogP contribution is -2.41. The van der Waals surface area contributed by atoms with E-state index in [4.69, 9.17) is 4.74 Å². The van der Waals surface area contributed by atoms with Crippen LogP contribution in [0.5, 0.6) is 0 Å². The van der Waals surface area contributed by atoms with Crippen LogP contribution >= 0.6 is 22.6 Å². The summed E-state index contributed by atoms with van der Waals surface area (Å²) in [4.78, 5) is 12.2. The average Bonchev–Trinajstić information content (AvgIpc) is 2.53. The number of alkyl carbamates (subject to hydrolysis) is 1. The van der Waals surface area contributed by atoms with Gasteiger partial charge in [0.1, 0.15) is 12.2 Å². The number of carbonyl (C=O) groups excluding carboxylic acids is 1.